The zero-order valence-electron chi connectivity index (χ0n) is 16.6. The number of carbonyl (C=O) groups excluding carboxylic acids is 3. The van der Waals surface area contributed by atoms with Crippen molar-refractivity contribution >= 4 is 40.3 Å². The van der Waals surface area contributed by atoms with Gasteiger partial charge >= 0.3 is 0 Å². The molecule has 0 unspecified atom stereocenters. The molecule has 148 valence electrons. The van der Waals surface area contributed by atoms with Crippen LogP contribution in [0.1, 0.15) is 43.1 Å². The summed E-state index contributed by atoms with van der Waals surface area (Å²) in [6, 6.07) is 12.6. The number of hydrogen-bond acceptors (Lipinski definition) is 4. The number of carbonyl (C=O) groups is 3. The third kappa shape index (κ3) is 3.18. The van der Waals surface area contributed by atoms with Crippen molar-refractivity contribution < 1.29 is 14.4 Å². The summed E-state index contributed by atoms with van der Waals surface area (Å²) < 4.78 is 0. The average Bonchev–Trinajstić information content (AvgIpc) is 3.18. The lowest BCUT2D eigenvalue weighted by Gasteiger charge is -2.19. The second-order valence-corrected chi connectivity index (χ2v) is 7.70. The number of imidazole rings is 1. The van der Waals surface area contributed by atoms with Crippen LogP contribution in [0, 0.1) is 0 Å². The number of benzene rings is 2. The Hall–Kier alpha value is -3.48. The molecule has 2 aromatic carbocycles. The fourth-order valence-electron chi connectivity index (χ4n) is 3.60. The van der Waals surface area contributed by atoms with Crippen LogP contribution in [0.4, 0.5) is 11.6 Å². The second-order valence-electron chi connectivity index (χ2n) is 7.70. The number of rotatable bonds is 5. The molecule has 2 heterocycles. The van der Waals surface area contributed by atoms with Crippen molar-refractivity contribution in [1.82, 2.24) is 9.97 Å². The molecule has 4 rings (SSSR count). The van der Waals surface area contributed by atoms with Crippen LogP contribution >= 0.6 is 0 Å². The van der Waals surface area contributed by atoms with Crippen molar-refractivity contribution in [3.05, 3.63) is 53.6 Å². The van der Waals surface area contributed by atoms with Crippen molar-refractivity contribution in [3.63, 3.8) is 0 Å². The van der Waals surface area contributed by atoms with E-state index in [9.17, 15) is 14.4 Å². The van der Waals surface area contributed by atoms with Crippen molar-refractivity contribution in [1.29, 1.82) is 0 Å². The molecule has 0 saturated carbocycles. The van der Waals surface area contributed by atoms with Crippen LogP contribution in [0.25, 0.3) is 11.0 Å². The Labute approximate surface area is 168 Å². The van der Waals surface area contributed by atoms with E-state index in [0.29, 0.717) is 34.7 Å². The van der Waals surface area contributed by atoms with Gasteiger partial charge in [-0.3, -0.25) is 19.7 Å². The fraction of sp³-hybridized carbons (Fsp3) is 0.273. The van der Waals surface area contributed by atoms with Gasteiger partial charge in [0.15, 0.2) is 5.78 Å². The van der Waals surface area contributed by atoms with E-state index in [4.69, 9.17) is 0 Å². The van der Waals surface area contributed by atoms with E-state index in [0.717, 1.165) is 5.56 Å². The molecule has 0 fully saturated rings. The molecule has 7 heteroatoms. The van der Waals surface area contributed by atoms with Gasteiger partial charge in [-0.2, -0.15) is 0 Å². The summed E-state index contributed by atoms with van der Waals surface area (Å²) >= 11 is 0. The number of fused-ring (bicyclic) bond motifs is 2. The van der Waals surface area contributed by atoms with Gasteiger partial charge in [0.05, 0.1) is 28.7 Å². The van der Waals surface area contributed by atoms with Gasteiger partial charge in [-0.1, -0.05) is 25.1 Å². The number of ketones is 1. The number of H-pyrrole nitrogens is 1. The Morgan fingerprint density at radius 1 is 1.17 bits per heavy atom. The molecule has 0 spiro atoms. The SMILES string of the molecule is CCC(=O)CN1C(=O)C(C)(C)c2cc3nc(NC(=O)c4ccccc4)[nH]c3cc21. The van der Waals surface area contributed by atoms with Crippen LogP contribution in [-0.4, -0.2) is 34.1 Å². The maximum absolute atomic E-state index is 12.9. The molecule has 3 aromatic rings. The lowest BCUT2D eigenvalue weighted by Crippen LogP contribution is -2.39. The number of amides is 2. The molecule has 0 aliphatic carbocycles. The average molecular weight is 390 g/mol. The van der Waals surface area contributed by atoms with Crippen LogP contribution in [0.2, 0.25) is 0 Å². The van der Waals surface area contributed by atoms with E-state index in [2.05, 4.69) is 15.3 Å². The third-order valence-electron chi connectivity index (χ3n) is 5.34. The van der Waals surface area contributed by atoms with E-state index >= 15 is 0 Å². The van der Waals surface area contributed by atoms with Gasteiger partial charge in [-0.15, -0.1) is 0 Å². The first-order valence-corrected chi connectivity index (χ1v) is 9.55. The van der Waals surface area contributed by atoms with Crippen LogP contribution in [0.5, 0.6) is 0 Å². The summed E-state index contributed by atoms with van der Waals surface area (Å²) in [7, 11) is 0. The van der Waals surface area contributed by atoms with E-state index in [1.807, 2.05) is 32.0 Å². The minimum atomic E-state index is -0.746. The molecular weight excluding hydrogens is 368 g/mol. The predicted octanol–water partition coefficient (Wildman–Crippen LogP) is 3.42. The third-order valence-corrected chi connectivity index (χ3v) is 5.34. The minimum absolute atomic E-state index is 0.00233. The number of Topliss-reactive ketones (excluding diaryl/α,β-unsaturated/α-hetero) is 1. The molecule has 0 saturated heterocycles. The standard InChI is InChI=1S/C22H22N4O3/c1-4-14(27)12-26-18-11-17-16(10-15(18)22(2,3)20(26)29)23-21(24-17)25-19(28)13-8-6-5-7-9-13/h5-11H,4,12H2,1-3H3,(H2,23,24,25,28). The van der Waals surface area contributed by atoms with Gasteiger partial charge in [0.2, 0.25) is 11.9 Å². The number of nitrogens with zero attached hydrogens (tertiary/aromatic N) is 2. The van der Waals surface area contributed by atoms with E-state index in [-0.39, 0.29) is 24.1 Å². The summed E-state index contributed by atoms with van der Waals surface area (Å²) in [6.07, 6.45) is 0.376. The monoisotopic (exact) mass is 390 g/mol. The summed E-state index contributed by atoms with van der Waals surface area (Å²) in [5.41, 5.74) is 2.66. The van der Waals surface area contributed by atoms with E-state index < -0.39 is 5.41 Å². The first kappa shape index (κ1) is 18.9. The predicted molar refractivity (Wildman–Crippen MR) is 111 cm³/mol. The van der Waals surface area contributed by atoms with Gasteiger partial charge in [-0.25, -0.2) is 4.98 Å². The summed E-state index contributed by atoms with van der Waals surface area (Å²) in [5.74, 6) is -0.0252. The number of nitrogens with one attached hydrogen (secondary N) is 2. The number of hydrogen-bond donors (Lipinski definition) is 2. The van der Waals surface area contributed by atoms with Crippen LogP contribution in [-0.2, 0) is 15.0 Å². The first-order valence-electron chi connectivity index (χ1n) is 9.55. The van der Waals surface area contributed by atoms with Crippen LogP contribution in [0.3, 0.4) is 0 Å². The number of anilines is 2. The smallest absolute Gasteiger partial charge is 0.257 e. The lowest BCUT2D eigenvalue weighted by molar-refractivity contribution is -0.124. The Morgan fingerprint density at radius 3 is 2.59 bits per heavy atom. The van der Waals surface area contributed by atoms with E-state index in [1.54, 1.807) is 36.1 Å². The second kappa shape index (κ2) is 6.84. The normalized spacial score (nSPS) is 14.9. The molecule has 29 heavy (non-hydrogen) atoms. The molecule has 1 aliphatic rings. The molecule has 0 atom stereocenters. The highest BCUT2D eigenvalue weighted by Crippen LogP contribution is 2.43. The number of aromatic amines is 1. The molecule has 0 radical (unpaired) electrons. The summed E-state index contributed by atoms with van der Waals surface area (Å²) in [5, 5.41) is 2.76. The maximum atomic E-state index is 12.9. The van der Waals surface area contributed by atoms with Gasteiger partial charge in [0, 0.05) is 12.0 Å². The topological polar surface area (TPSA) is 95.2 Å². The van der Waals surface area contributed by atoms with E-state index in [1.165, 1.54) is 0 Å². The van der Waals surface area contributed by atoms with Gasteiger partial charge in [-0.05, 0) is 43.7 Å². The molecule has 7 nitrogen and oxygen atoms in total. The highest BCUT2D eigenvalue weighted by atomic mass is 16.2. The lowest BCUT2D eigenvalue weighted by atomic mass is 9.86. The Kier molecular flexibility index (Phi) is 4.45. The first-order chi connectivity index (χ1) is 13.8. The van der Waals surface area contributed by atoms with Crippen molar-refractivity contribution in [2.24, 2.45) is 0 Å². The molecule has 1 aliphatic heterocycles. The number of aromatic nitrogens is 2. The summed E-state index contributed by atoms with van der Waals surface area (Å²) in [4.78, 5) is 46.4. The largest absolute Gasteiger partial charge is 0.324 e. The van der Waals surface area contributed by atoms with Crippen molar-refractivity contribution in [2.45, 2.75) is 32.6 Å². The van der Waals surface area contributed by atoms with Crippen molar-refractivity contribution in [2.75, 3.05) is 16.8 Å². The molecule has 2 amide bonds. The summed E-state index contributed by atoms with van der Waals surface area (Å²) in [6.45, 7) is 5.54. The zero-order valence-corrected chi connectivity index (χ0v) is 16.6. The molecule has 1 aromatic heterocycles. The maximum Gasteiger partial charge on any atom is 0.257 e. The Balaban J connectivity index is 1.70. The van der Waals surface area contributed by atoms with Crippen LogP contribution in [0.15, 0.2) is 42.5 Å². The van der Waals surface area contributed by atoms with Crippen molar-refractivity contribution in [3.8, 4) is 0 Å². The highest BCUT2D eigenvalue weighted by molar-refractivity contribution is 6.12. The van der Waals surface area contributed by atoms with Gasteiger partial charge in [0.25, 0.3) is 5.91 Å². The quantitative estimate of drug-likeness (QED) is 0.698. The van der Waals surface area contributed by atoms with Gasteiger partial charge in [0.1, 0.15) is 0 Å². The zero-order chi connectivity index (χ0) is 20.8. The Bertz CT molecular complexity index is 1130. The molecular formula is C22H22N4O3. The fourth-order valence-corrected chi connectivity index (χ4v) is 3.60. The minimum Gasteiger partial charge on any atom is -0.324 e. The Morgan fingerprint density at radius 2 is 1.90 bits per heavy atom. The molecule has 2 N–H and O–H groups in total. The molecule has 0 bridgehead atoms. The van der Waals surface area contributed by atoms with Crippen LogP contribution < -0.4 is 10.2 Å². The van der Waals surface area contributed by atoms with Gasteiger partial charge < -0.3 is 9.88 Å². The highest BCUT2D eigenvalue weighted by Gasteiger charge is 2.44.